The lowest BCUT2D eigenvalue weighted by atomic mass is 10.0. The monoisotopic (exact) mass is 287 g/mol. The van der Waals surface area contributed by atoms with E-state index in [1.54, 1.807) is 0 Å². The molecule has 2 aliphatic rings. The van der Waals surface area contributed by atoms with Crippen LogP contribution in [-0.4, -0.2) is 34.6 Å². The highest BCUT2D eigenvalue weighted by Crippen LogP contribution is 2.39. The van der Waals surface area contributed by atoms with E-state index in [0.717, 1.165) is 22.5 Å². The normalized spacial score (nSPS) is 30.3. The van der Waals surface area contributed by atoms with Gasteiger partial charge in [0.2, 0.25) is 0 Å². The quantitative estimate of drug-likeness (QED) is 0.719. The minimum Gasteiger partial charge on any atom is -0.313 e. The minimum atomic E-state index is 0.772. The SMILES string of the molecule is CCCNC(CCC1CC1)C1SCCSC1CC. The smallest absolute Gasteiger partial charge is 0.0320 e. The van der Waals surface area contributed by atoms with E-state index >= 15 is 0 Å². The third-order valence-corrected chi connectivity index (χ3v) is 7.54. The molecule has 0 spiro atoms. The van der Waals surface area contributed by atoms with Crippen LogP contribution in [0, 0.1) is 5.92 Å². The minimum absolute atomic E-state index is 0.772. The predicted molar refractivity (Wildman–Crippen MR) is 86.8 cm³/mol. The van der Waals surface area contributed by atoms with Crippen molar-refractivity contribution >= 4 is 23.5 Å². The molecule has 0 amide bonds. The van der Waals surface area contributed by atoms with Gasteiger partial charge in [0, 0.05) is 28.0 Å². The van der Waals surface area contributed by atoms with Crippen LogP contribution < -0.4 is 5.32 Å². The van der Waals surface area contributed by atoms with Crippen molar-refractivity contribution in [3.63, 3.8) is 0 Å². The van der Waals surface area contributed by atoms with E-state index in [4.69, 9.17) is 0 Å². The number of hydrogen-bond donors (Lipinski definition) is 1. The fraction of sp³-hybridized carbons (Fsp3) is 1.00. The zero-order chi connectivity index (χ0) is 12.8. The molecule has 3 heteroatoms. The van der Waals surface area contributed by atoms with Crippen molar-refractivity contribution in [2.75, 3.05) is 18.1 Å². The fourth-order valence-electron chi connectivity index (χ4n) is 2.85. The number of hydrogen-bond acceptors (Lipinski definition) is 3. The lowest BCUT2D eigenvalue weighted by Crippen LogP contribution is -2.45. The summed E-state index contributed by atoms with van der Waals surface area (Å²) in [5, 5.41) is 5.60. The summed E-state index contributed by atoms with van der Waals surface area (Å²) in [6.07, 6.45) is 8.50. The first-order valence-electron chi connectivity index (χ1n) is 7.81. The van der Waals surface area contributed by atoms with Gasteiger partial charge in [-0.2, -0.15) is 23.5 Å². The van der Waals surface area contributed by atoms with Crippen LogP contribution in [0.25, 0.3) is 0 Å². The fourth-order valence-corrected chi connectivity index (χ4v) is 6.15. The summed E-state index contributed by atoms with van der Waals surface area (Å²) in [7, 11) is 0. The Bertz CT molecular complexity index is 231. The molecule has 1 aliphatic carbocycles. The number of thioether (sulfide) groups is 2. The summed E-state index contributed by atoms with van der Waals surface area (Å²) in [4.78, 5) is 0. The number of rotatable bonds is 8. The summed E-state index contributed by atoms with van der Waals surface area (Å²) in [6, 6.07) is 0.772. The molecular formula is C15H29NS2. The summed E-state index contributed by atoms with van der Waals surface area (Å²) >= 11 is 4.47. The first-order valence-corrected chi connectivity index (χ1v) is 9.91. The molecule has 2 rings (SSSR count). The van der Waals surface area contributed by atoms with E-state index < -0.39 is 0 Å². The Kier molecular flexibility index (Phi) is 6.74. The highest BCUT2D eigenvalue weighted by Gasteiger charge is 2.32. The van der Waals surface area contributed by atoms with Crippen molar-refractivity contribution in [1.82, 2.24) is 5.32 Å². The van der Waals surface area contributed by atoms with Gasteiger partial charge in [-0.05, 0) is 38.1 Å². The number of nitrogens with one attached hydrogen (secondary N) is 1. The van der Waals surface area contributed by atoms with Crippen LogP contribution in [0.3, 0.4) is 0 Å². The van der Waals surface area contributed by atoms with Crippen molar-refractivity contribution in [3.05, 3.63) is 0 Å². The molecule has 1 nitrogen and oxygen atoms in total. The molecule has 0 radical (unpaired) electrons. The summed E-state index contributed by atoms with van der Waals surface area (Å²) in [5.74, 6) is 3.81. The molecule has 106 valence electrons. The molecule has 1 saturated heterocycles. The van der Waals surface area contributed by atoms with Gasteiger partial charge < -0.3 is 5.32 Å². The topological polar surface area (TPSA) is 12.0 Å². The molecule has 0 aromatic carbocycles. The first-order chi connectivity index (χ1) is 8.85. The largest absolute Gasteiger partial charge is 0.313 e. The molecule has 1 aliphatic heterocycles. The van der Waals surface area contributed by atoms with Gasteiger partial charge in [0.15, 0.2) is 0 Å². The molecule has 1 N–H and O–H groups in total. The standard InChI is InChI=1S/C15H29NS2/c1-3-9-16-13(8-7-12-5-6-12)15-14(4-2)17-10-11-18-15/h12-16H,3-11H2,1-2H3. The Labute approximate surface area is 122 Å². The van der Waals surface area contributed by atoms with Crippen LogP contribution in [0.15, 0.2) is 0 Å². The molecule has 3 atom stereocenters. The van der Waals surface area contributed by atoms with Crippen LogP contribution in [0.5, 0.6) is 0 Å². The molecule has 18 heavy (non-hydrogen) atoms. The van der Waals surface area contributed by atoms with Gasteiger partial charge in [-0.15, -0.1) is 0 Å². The summed E-state index contributed by atoms with van der Waals surface area (Å²) < 4.78 is 0. The Morgan fingerprint density at radius 1 is 1.17 bits per heavy atom. The van der Waals surface area contributed by atoms with Gasteiger partial charge in [-0.3, -0.25) is 0 Å². The molecule has 2 fully saturated rings. The van der Waals surface area contributed by atoms with E-state index in [1.807, 2.05) is 0 Å². The molecule has 0 bridgehead atoms. The molecule has 1 heterocycles. The van der Waals surface area contributed by atoms with Gasteiger partial charge in [-0.1, -0.05) is 26.7 Å². The second kappa shape index (κ2) is 8.06. The van der Waals surface area contributed by atoms with Crippen molar-refractivity contribution in [2.45, 2.75) is 68.9 Å². The predicted octanol–water partition coefficient (Wildman–Crippen LogP) is 4.17. The zero-order valence-electron chi connectivity index (χ0n) is 12.0. The van der Waals surface area contributed by atoms with E-state index in [0.29, 0.717) is 0 Å². The Morgan fingerprint density at radius 3 is 2.61 bits per heavy atom. The van der Waals surface area contributed by atoms with Crippen molar-refractivity contribution in [1.29, 1.82) is 0 Å². The lowest BCUT2D eigenvalue weighted by molar-refractivity contribution is 0.432. The van der Waals surface area contributed by atoms with Crippen LogP contribution in [0.4, 0.5) is 0 Å². The van der Waals surface area contributed by atoms with Crippen molar-refractivity contribution < 1.29 is 0 Å². The Balaban J connectivity index is 1.86. The van der Waals surface area contributed by atoms with E-state index in [2.05, 4.69) is 42.7 Å². The van der Waals surface area contributed by atoms with Gasteiger partial charge in [-0.25, -0.2) is 0 Å². The van der Waals surface area contributed by atoms with E-state index in [1.165, 1.54) is 56.6 Å². The van der Waals surface area contributed by atoms with Crippen LogP contribution >= 0.6 is 23.5 Å². The average molecular weight is 288 g/mol. The van der Waals surface area contributed by atoms with Crippen molar-refractivity contribution in [3.8, 4) is 0 Å². The molecular weight excluding hydrogens is 258 g/mol. The van der Waals surface area contributed by atoms with E-state index in [9.17, 15) is 0 Å². The summed E-state index contributed by atoms with van der Waals surface area (Å²) in [6.45, 7) is 5.85. The Hall–Kier alpha value is 0.660. The maximum absolute atomic E-state index is 3.85. The van der Waals surface area contributed by atoms with Gasteiger partial charge >= 0.3 is 0 Å². The molecule has 0 aromatic rings. The van der Waals surface area contributed by atoms with Crippen molar-refractivity contribution in [2.24, 2.45) is 5.92 Å². The second-order valence-corrected chi connectivity index (χ2v) is 8.37. The average Bonchev–Trinajstić information content (AvgIpc) is 3.23. The van der Waals surface area contributed by atoms with E-state index in [-0.39, 0.29) is 0 Å². The van der Waals surface area contributed by atoms with Gasteiger partial charge in [0.05, 0.1) is 0 Å². The highest BCUT2D eigenvalue weighted by molar-refractivity contribution is 8.07. The molecule has 0 aromatic heterocycles. The summed E-state index contributed by atoms with van der Waals surface area (Å²) in [5.41, 5.74) is 0. The maximum Gasteiger partial charge on any atom is 0.0320 e. The van der Waals surface area contributed by atoms with Gasteiger partial charge in [0.25, 0.3) is 0 Å². The lowest BCUT2D eigenvalue weighted by Gasteiger charge is -2.36. The van der Waals surface area contributed by atoms with Gasteiger partial charge in [0.1, 0.15) is 0 Å². The van der Waals surface area contributed by atoms with Crippen LogP contribution in [0.1, 0.15) is 52.4 Å². The first kappa shape index (κ1) is 15.1. The maximum atomic E-state index is 3.85. The molecule has 1 saturated carbocycles. The van der Waals surface area contributed by atoms with Crippen LogP contribution in [-0.2, 0) is 0 Å². The third-order valence-electron chi connectivity index (χ3n) is 4.13. The zero-order valence-corrected chi connectivity index (χ0v) is 13.6. The highest BCUT2D eigenvalue weighted by atomic mass is 32.2. The molecule has 3 unspecified atom stereocenters. The Morgan fingerprint density at radius 2 is 1.94 bits per heavy atom. The third kappa shape index (κ3) is 4.64. The second-order valence-electron chi connectivity index (χ2n) is 5.73. The van der Waals surface area contributed by atoms with Crippen LogP contribution in [0.2, 0.25) is 0 Å².